The van der Waals surface area contributed by atoms with Crippen molar-refractivity contribution in [3.8, 4) is 6.19 Å². The van der Waals surface area contributed by atoms with Crippen LogP contribution in [0, 0.1) is 11.5 Å². The minimum absolute atomic E-state index is 0.530. The van der Waals surface area contributed by atoms with Crippen LogP contribution >= 0.6 is 0 Å². The van der Waals surface area contributed by atoms with Gasteiger partial charge < -0.3 is 0 Å². The lowest BCUT2D eigenvalue weighted by atomic mass is 10.0. The Balaban J connectivity index is 2.28. The summed E-state index contributed by atoms with van der Waals surface area (Å²) in [5.74, 6) is 0. The number of benzene rings is 2. The van der Waals surface area contributed by atoms with Gasteiger partial charge in [0.05, 0.1) is 12.2 Å². The number of nitriles is 1. The van der Waals surface area contributed by atoms with Gasteiger partial charge in [0, 0.05) is 5.39 Å². The molecule has 86 valence electrons. The molecule has 0 fully saturated rings. The average molecular weight is 232 g/mol. The molecule has 0 unspecified atom stereocenters. The molecular formula is C16H12N2. The van der Waals surface area contributed by atoms with Gasteiger partial charge in [0.1, 0.15) is 0 Å². The highest BCUT2D eigenvalue weighted by molar-refractivity contribution is 6.09. The normalized spacial score (nSPS) is 11.5. The highest BCUT2D eigenvalue weighted by atomic mass is 15.1. The molecule has 0 bridgehead atoms. The molecule has 0 saturated heterocycles. The van der Waals surface area contributed by atoms with E-state index in [1.54, 1.807) is 11.0 Å². The number of anilines is 1. The molecule has 0 aliphatic heterocycles. The van der Waals surface area contributed by atoms with E-state index in [0.717, 1.165) is 11.1 Å². The van der Waals surface area contributed by atoms with E-state index in [2.05, 4.69) is 43.1 Å². The third kappa shape index (κ3) is 1.42. The molecule has 1 aliphatic carbocycles. The van der Waals surface area contributed by atoms with E-state index in [4.69, 9.17) is 0 Å². The number of rotatable bonds is 3. The van der Waals surface area contributed by atoms with Crippen molar-refractivity contribution < 1.29 is 0 Å². The van der Waals surface area contributed by atoms with Gasteiger partial charge in [-0.15, -0.1) is 6.58 Å². The van der Waals surface area contributed by atoms with Crippen LogP contribution in [0.1, 0.15) is 11.1 Å². The maximum atomic E-state index is 9.24. The van der Waals surface area contributed by atoms with Crippen molar-refractivity contribution in [3.05, 3.63) is 54.1 Å². The highest BCUT2D eigenvalue weighted by Gasteiger charge is 2.14. The molecule has 2 aromatic carbocycles. The predicted molar refractivity (Wildman–Crippen MR) is 76.0 cm³/mol. The van der Waals surface area contributed by atoms with Crippen molar-refractivity contribution in [2.75, 3.05) is 11.4 Å². The first-order valence-corrected chi connectivity index (χ1v) is 5.87. The van der Waals surface area contributed by atoms with Crippen LogP contribution in [-0.2, 0) is 0 Å². The number of nitrogens with zero attached hydrogens (tertiary/aromatic N) is 2. The lowest BCUT2D eigenvalue weighted by molar-refractivity contribution is 1.11. The summed E-state index contributed by atoms with van der Waals surface area (Å²) in [4.78, 5) is 1.66. The van der Waals surface area contributed by atoms with Gasteiger partial charge in [-0.05, 0) is 22.6 Å². The van der Waals surface area contributed by atoms with Crippen LogP contribution in [0.25, 0.3) is 22.9 Å². The van der Waals surface area contributed by atoms with Crippen molar-refractivity contribution in [2.24, 2.45) is 0 Å². The molecule has 0 saturated carbocycles. The molecule has 0 spiro atoms. The van der Waals surface area contributed by atoms with Crippen molar-refractivity contribution in [1.29, 1.82) is 5.26 Å². The Morgan fingerprint density at radius 1 is 1.17 bits per heavy atom. The fourth-order valence-corrected chi connectivity index (χ4v) is 2.46. The van der Waals surface area contributed by atoms with Crippen LogP contribution in [0.5, 0.6) is 0 Å². The summed E-state index contributed by atoms with van der Waals surface area (Å²) in [6.45, 7) is 4.23. The topological polar surface area (TPSA) is 27.0 Å². The van der Waals surface area contributed by atoms with Gasteiger partial charge in [-0.2, -0.15) is 5.26 Å². The quantitative estimate of drug-likeness (QED) is 0.390. The molecule has 0 aromatic heterocycles. The molecule has 2 heteroatoms. The summed E-state index contributed by atoms with van der Waals surface area (Å²) in [6.07, 6.45) is 8.19. The lowest BCUT2D eigenvalue weighted by Gasteiger charge is -2.16. The highest BCUT2D eigenvalue weighted by Crippen LogP contribution is 2.36. The van der Waals surface area contributed by atoms with Crippen LogP contribution in [-0.4, -0.2) is 6.54 Å². The smallest absolute Gasteiger partial charge is 0.184 e. The zero-order valence-corrected chi connectivity index (χ0v) is 9.93. The maximum absolute atomic E-state index is 9.24. The van der Waals surface area contributed by atoms with E-state index in [1.807, 2.05) is 12.1 Å². The molecule has 3 rings (SSSR count). The predicted octanol–water partition coefficient (Wildman–Crippen LogP) is 3.80. The molecule has 0 amide bonds. The van der Waals surface area contributed by atoms with Gasteiger partial charge in [0.25, 0.3) is 0 Å². The second-order valence-electron chi connectivity index (χ2n) is 4.28. The summed E-state index contributed by atoms with van der Waals surface area (Å²) >= 11 is 0. The zero-order chi connectivity index (χ0) is 12.5. The van der Waals surface area contributed by atoms with Crippen LogP contribution in [0.3, 0.4) is 0 Å². The number of hydrogen-bond donors (Lipinski definition) is 0. The summed E-state index contributed by atoms with van der Waals surface area (Å²) in [7, 11) is 0. The molecule has 2 aromatic rings. The summed E-state index contributed by atoms with van der Waals surface area (Å²) in [5, 5.41) is 11.6. The van der Waals surface area contributed by atoms with E-state index < -0.39 is 0 Å². The summed E-state index contributed by atoms with van der Waals surface area (Å²) in [6, 6.07) is 10.3. The van der Waals surface area contributed by atoms with Gasteiger partial charge in [-0.1, -0.05) is 42.5 Å². The van der Waals surface area contributed by atoms with Crippen LogP contribution in [0.4, 0.5) is 5.69 Å². The van der Waals surface area contributed by atoms with Gasteiger partial charge in [-0.3, -0.25) is 4.90 Å². The maximum Gasteiger partial charge on any atom is 0.184 e. The first-order valence-electron chi connectivity index (χ1n) is 5.87. The van der Waals surface area contributed by atoms with Crippen LogP contribution in [0.2, 0.25) is 0 Å². The largest absolute Gasteiger partial charge is 0.275 e. The first-order chi connectivity index (χ1) is 8.85. The van der Waals surface area contributed by atoms with E-state index in [1.165, 1.54) is 16.5 Å². The van der Waals surface area contributed by atoms with Crippen LogP contribution < -0.4 is 4.90 Å². The molecule has 0 N–H and O–H groups in total. The standard InChI is InChI=1S/C16H12N2/c1-2-10-18(11-17)15-9-8-13-7-6-12-4-3-5-14(15)16(12)13/h2-9H,1,10H2. The fourth-order valence-electron chi connectivity index (χ4n) is 2.46. The van der Waals surface area contributed by atoms with Gasteiger partial charge in [0.2, 0.25) is 0 Å². The Kier molecular flexibility index (Phi) is 2.39. The molecule has 18 heavy (non-hydrogen) atoms. The average Bonchev–Trinajstić information content (AvgIpc) is 2.83. The Hall–Kier alpha value is -2.53. The fraction of sp³-hybridized carbons (Fsp3) is 0.0625. The minimum Gasteiger partial charge on any atom is -0.275 e. The Bertz CT molecular complexity index is 693. The molecule has 0 heterocycles. The lowest BCUT2D eigenvalue weighted by Crippen LogP contribution is -2.16. The van der Waals surface area contributed by atoms with Crippen molar-refractivity contribution >= 4 is 28.6 Å². The van der Waals surface area contributed by atoms with E-state index in [-0.39, 0.29) is 0 Å². The first kappa shape index (κ1) is 10.6. The third-order valence-electron chi connectivity index (χ3n) is 3.25. The summed E-state index contributed by atoms with van der Waals surface area (Å²) < 4.78 is 0. The van der Waals surface area contributed by atoms with Gasteiger partial charge >= 0.3 is 0 Å². The molecular weight excluding hydrogens is 220 g/mol. The molecule has 0 atom stereocenters. The van der Waals surface area contributed by atoms with E-state index in [0.29, 0.717) is 6.54 Å². The zero-order valence-electron chi connectivity index (χ0n) is 9.93. The van der Waals surface area contributed by atoms with Crippen molar-refractivity contribution in [3.63, 3.8) is 0 Å². The van der Waals surface area contributed by atoms with E-state index >= 15 is 0 Å². The second-order valence-corrected chi connectivity index (χ2v) is 4.28. The van der Waals surface area contributed by atoms with E-state index in [9.17, 15) is 5.26 Å². The molecule has 1 aliphatic rings. The molecule has 0 radical (unpaired) electrons. The van der Waals surface area contributed by atoms with Crippen LogP contribution in [0.15, 0.2) is 43.0 Å². The molecule has 2 nitrogen and oxygen atoms in total. The Morgan fingerprint density at radius 3 is 2.67 bits per heavy atom. The number of hydrogen-bond acceptors (Lipinski definition) is 2. The monoisotopic (exact) mass is 232 g/mol. The third-order valence-corrected chi connectivity index (χ3v) is 3.25. The van der Waals surface area contributed by atoms with Gasteiger partial charge in [0.15, 0.2) is 6.19 Å². The Labute approximate surface area is 106 Å². The minimum atomic E-state index is 0.530. The second kappa shape index (κ2) is 4.05. The van der Waals surface area contributed by atoms with Crippen molar-refractivity contribution in [2.45, 2.75) is 0 Å². The van der Waals surface area contributed by atoms with Crippen molar-refractivity contribution in [1.82, 2.24) is 0 Å². The Morgan fingerprint density at radius 2 is 1.94 bits per heavy atom. The summed E-state index contributed by atoms with van der Waals surface area (Å²) in [5.41, 5.74) is 3.39. The SMILES string of the molecule is C=CCN(C#N)c1ccc2c3c(cccc13)C=C2. The van der Waals surface area contributed by atoms with Gasteiger partial charge in [-0.25, -0.2) is 0 Å².